The summed E-state index contributed by atoms with van der Waals surface area (Å²) in [6, 6.07) is -1.12. The van der Waals surface area contributed by atoms with Crippen LogP contribution in [0.5, 0.6) is 0 Å². The molecule has 0 spiro atoms. The number of amides is 2. The van der Waals surface area contributed by atoms with Gasteiger partial charge in [-0.25, -0.2) is 4.79 Å². The van der Waals surface area contributed by atoms with E-state index < -0.39 is 68.5 Å². The van der Waals surface area contributed by atoms with E-state index in [1.54, 1.807) is 34.6 Å². The number of alkyl halides is 3. The van der Waals surface area contributed by atoms with Crippen molar-refractivity contribution in [1.29, 1.82) is 0 Å². The van der Waals surface area contributed by atoms with E-state index in [-0.39, 0.29) is 6.54 Å². The molecule has 1 heterocycles. The van der Waals surface area contributed by atoms with E-state index in [0.29, 0.717) is 25.0 Å². The van der Waals surface area contributed by atoms with Gasteiger partial charge in [-0.3, -0.25) is 14.9 Å². The highest BCUT2D eigenvalue weighted by molar-refractivity contribution is 6.33. The first kappa shape index (κ1) is 26.7. The van der Waals surface area contributed by atoms with Gasteiger partial charge in [0, 0.05) is 18.7 Å². The van der Waals surface area contributed by atoms with Crippen LogP contribution < -0.4 is 0 Å². The highest BCUT2D eigenvalue weighted by atomic mass is 35.5. The highest BCUT2D eigenvalue weighted by Gasteiger charge is 2.47. The summed E-state index contributed by atoms with van der Waals surface area (Å²) < 4.78 is 41.3. The van der Waals surface area contributed by atoms with Crippen LogP contribution in [-0.4, -0.2) is 56.5 Å². The quantitative estimate of drug-likeness (QED) is 0.429. The number of nitro groups is 1. The number of piperidine rings is 1. The van der Waals surface area contributed by atoms with Crippen LogP contribution in [0.25, 0.3) is 0 Å². The standard InChI is InChI=1S/C21H27ClF3N3O5/c1-11(2)27(15-7-6-8-26(19(30)31)17(15)20(3,4)5)18(29)12-9-16(28(32)33)14(22)10-13(12)21(23,24)25/h9-11,15,17H,6-8H2,1-5H3,(H,30,31)/t15-,17?/m1/s1. The average molecular weight is 494 g/mol. The predicted molar refractivity (Wildman–Crippen MR) is 115 cm³/mol. The largest absolute Gasteiger partial charge is 0.465 e. The van der Waals surface area contributed by atoms with E-state index in [0.717, 1.165) is 0 Å². The van der Waals surface area contributed by atoms with Gasteiger partial charge < -0.3 is 14.9 Å². The molecule has 1 fully saturated rings. The molecule has 2 amide bonds. The van der Waals surface area contributed by atoms with E-state index >= 15 is 0 Å². The van der Waals surface area contributed by atoms with Gasteiger partial charge in [-0.2, -0.15) is 13.2 Å². The third-order valence-electron chi connectivity index (χ3n) is 5.70. The zero-order chi connectivity index (χ0) is 25.5. The summed E-state index contributed by atoms with van der Waals surface area (Å²) in [6.45, 7) is 8.83. The number of nitro benzene ring substituents is 1. The molecular formula is C21H27ClF3N3O5. The Bertz CT molecular complexity index is 946. The monoisotopic (exact) mass is 493 g/mol. The van der Waals surface area contributed by atoms with Crippen molar-refractivity contribution in [3.63, 3.8) is 0 Å². The fraction of sp³-hybridized carbons (Fsp3) is 0.619. The summed E-state index contributed by atoms with van der Waals surface area (Å²) in [7, 11) is 0. The smallest absolute Gasteiger partial charge is 0.417 e. The van der Waals surface area contributed by atoms with Crippen molar-refractivity contribution in [3.8, 4) is 0 Å². The maximum Gasteiger partial charge on any atom is 0.417 e. The number of benzene rings is 1. The molecule has 184 valence electrons. The molecular weight excluding hydrogens is 467 g/mol. The topological polar surface area (TPSA) is 104 Å². The minimum absolute atomic E-state index is 0.230. The Kier molecular flexibility index (Phi) is 7.57. The van der Waals surface area contributed by atoms with Gasteiger partial charge in [0.05, 0.1) is 28.1 Å². The van der Waals surface area contributed by atoms with Crippen LogP contribution in [0.1, 0.15) is 63.4 Å². The van der Waals surface area contributed by atoms with Crippen molar-refractivity contribution >= 4 is 29.3 Å². The SMILES string of the molecule is CC(C)N(C(=O)c1cc([N+](=O)[O-])c(Cl)cc1C(F)(F)F)[C@@H]1CCCN(C(=O)O)C1C(C)(C)C. The Morgan fingerprint density at radius 1 is 1.27 bits per heavy atom. The van der Waals surface area contributed by atoms with Crippen LogP contribution in [0.3, 0.4) is 0 Å². The van der Waals surface area contributed by atoms with Gasteiger partial charge in [0.25, 0.3) is 11.6 Å². The van der Waals surface area contributed by atoms with Crippen LogP contribution >= 0.6 is 11.6 Å². The summed E-state index contributed by atoms with van der Waals surface area (Å²) in [5.41, 5.74) is -3.74. The molecule has 8 nitrogen and oxygen atoms in total. The van der Waals surface area contributed by atoms with Gasteiger partial charge in [-0.1, -0.05) is 32.4 Å². The van der Waals surface area contributed by atoms with E-state index in [4.69, 9.17) is 11.6 Å². The van der Waals surface area contributed by atoms with Crippen molar-refractivity contribution < 1.29 is 32.8 Å². The third-order valence-corrected chi connectivity index (χ3v) is 6.00. The Hall–Kier alpha value is -2.56. The summed E-state index contributed by atoms with van der Waals surface area (Å²) in [6.07, 6.45) is -5.40. The van der Waals surface area contributed by atoms with Crippen LogP contribution in [0.4, 0.5) is 23.7 Å². The average Bonchev–Trinajstić information content (AvgIpc) is 2.65. The van der Waals surface area contributed by atoms with Crippen molar-refractivity contribution in [3.05, 3.63) is 38.4 Å². The maximum atomic E-state index is 13.8. The molecule has 2 atom stereocenters. The molecule has 0 radical (unpaired) electrons. The second-order valence-electron chi connectivity index (χ2n) is 9.41. The van der Waals surface area contributed by atoms with Crippen LogP contribution in [-0.2, 0) is 6.18 Å². The summed E-state index contributed by atoms with van der Waals surface area (Å²) in [5.74, 6) is -1.07. The first-order valence-electron chi connectivity index (χ1n) is 10.4. The number of halogens is 4. The molecule has 12 heteroatoms. The Morgan fingerprint density at radius 2 is 1.85 bits per heavy atom. The molecule has 2 rings (SSSR count). The van der Waals surface area contributed by atoms with Crippen molar-refractivity contribution in [2.45, 2.75) is 71.8 Å². The predicted octanol–water partition coefficient (Wildman–Crippen LogP) is 5.67. The Balaban J connectivity index is 2.71. The number of hydrogen-bond acceptors (Lipinski definition) is 4. The van der Waals surface area contributed by atoms with Gasteiger partial charge in [0.1, 0.15) is 5.02 Å². The first-order valence-corrected chi connectivity index (χ1v) is 10.7. The van der Waals surface area contributed by atoms with Gasteiger partial charge in [0.2, 0.25) is 0 Å². The highest BCUT2D eigenvalue weighted by Crippen LogP contribution is 2.40. The van der Waals surface area contributed by atoms with Gasteiger partial charge in [0.15, 0.2) is 0 Å². The molecule has 1 aliphatic heterocycles. The number of carbonyl (C=O) groups is 2. The molecule has 1 aliphatic rings. The van der Waals surface area contributed by atoms with E-state index in [9.17, 15) is 38.0 Å². The number of carbonyl (C=O) groups excluding carboxylic acids is 1. The lowest BCUT2D eigenvalue weighted by molar-refractivity contribution is -0.384. The van der Waals surface area contributed by atoms with E-state index in [2.05, 4.69) is 0 Å². The summed E-state index contributed by atoms with van der Waals surface area (Å²) >= 11 is 5.70. The molecule has 1 N–H and O–H groups in total. The molecule has 33 heavy (non-hydrogen) atoms. The molecule has 0 saturated carbocycles. The molecule has 0 bridgehead atoms. The molecule has 1 aromatic rings. The van der Waals surface area contributed by atoms with Crippen molar-refractivity contribution in [2.24, 2.45) is 5.41 Å². The lowest BCUT2D eigenvalue weighted by Crippen LogP contribution is -2.63. The van der Waals surface area contributed by atoms with Crippen LogP contribution in [0, 0.1) is 15.5 Å². The normalized spacial score (nSPS) is 19.5. The first-order chi connectivity index (χ1) is 15.0. The van der Waals surface area contributed by atoms with Crippen molar-refractivity contribution in [2.75, 3.05) is 6.54 Å². The molecule has 0 aromatic heterocycles. The molecule has 1 unspecified atom stereocenters. The van der Waals surface area contributed by atoms with E-state index in [1.165, 1.54) is 9.80 Å². The number of carboxylic acid groups (broad SMARTS) is 1. The lowest BCUT2D eigenvalue weighted by atomic mass is 9.76. The third kappa shape index (κ3) is 5.51. The fourth-order valence-electron chi connectivity index (χ4n) is 4.55. The number of rotatable bonds is 4. The maximum absolute atomic E-state index is 13.8. The van der Waals surface area contributed by atoms with Crippen LogP contribution in [0.15, 0.2) is 12.1 Å². The second-order valence-corrected chi connectivity index (χ2v) is 9.81. The molecule has 1 aromatic carbocycles. The number of hydrogen-bond donors (Lipinski definition) is 1. The van der Waals surface area contributed by atoms with Gasteiger partial charge >= 0.3 is 12.3 Å². The lowest BCUT2D eigenvalue weighted by Gasteiger charge is -2.51. The minimum atomic E-state index is -4.99. The summed E-state index contributed by atoms with van der Waals surface area (Å²) in [5, 5.41) is 20.3. The zero-order valence-corrected chi connectivity index (χ0v) is 19.7. The minimum Gasteiger partial charge on any atom is -0.465 e. The van der Waals surface area contributed by atoms with Crippen LogP contribution in [0.2, 0.25) is 5.02 Å². The number of likely N-dealkylation sites (tertiary alicyclic amines) is 1. The second kappa shape index (κ2) is 9.36. The number of nitrogens with zero attached hydrogens (tertiary/aromatic N) is 3. The van der Waals surface area contributed by atoms with Crippen molar-refractivity contribution in [1.82, 2.24) is 9.80 Å². The summed E-state index contributed by atoms with van der Waals surface area (Å²) in [4.78, 5) is 38.3. The molecule has 1 saturated heterocycles. The fourth-order valence-corrected chi connectivity index (χ4v) is 4.78. The molecule has 0 aliphatic carbocycles. The van der Waals surface area contributed by atoms with E-state index in [1.807, 2.05) is 0 Å². The zero-order valence-electron chi connectivity index (χ0n) is 18.9. The Labute approximate surface area is 194 Å². The Morgan fingerprint density at radius 3 is 2.27 bits per heavy atom. The van der Waals surface area contributed by atoms with Gasteiger partial charge in [-0.15, -0.1) is 0 Å². The van der Waals surface area contributed by atoms with Gasteiger partial charge in [-0.05, 0) is 38.2 Å².